The summed E-state index contributed by atoms with van der Waals surface area (Å²) in [6.07, 6.45) is 3.79. The minimum atomic E-state index is -2.62. The van der Waals surface area contributed by atoms with E-state index in [-0.39, 0.29) is 0 Å². The molecule has 0 aliphatic rings. The molecule has 136 valence electrons. The predicted octanol–water partition coefficient (Wildman–Crippen LogP) is 2.27. The first-order valence-corrected chi connectivity index (χ1v) is 11.9. The van der Waals surface area contributed by atoms with Gasteiger partial charge in [-0.05, 0) is 6.04 Å². The van der Waals surface area contributed by atoms with Gasteiger partial charge in [-0.2, -0.15) is 0 Å². The second-order valence-electron chi connectivity index (χ2n) is 5.20. The van der Waals surface area contributed by atoms with Crippen molar-refractivity contribution in [3.05, 3.63) is 25.3 Å². The summed E-state index contributed by atoms with van der Waals surface area (Å²) in [7, 11) is 3.35. The van der Waals surface area contributed by atoms with E-state index in [2.05, 4.69) is 18.1 Å². The lowest BCUT2D eigenvalue weighted by atomic mass is 10.4. The molecule has 0 bridgehead atoms. The zero-order valence-electron chi connectivity index (χ0n) is 15.3. The lowest BCUT2D eigenvalue weighted by Crippen LogP contribution is -2.48. The van der Waals surface area contributed by atoms with Crippen LogP contribution in [0.5, 0.6) is 0 Å². The Balaban J connectivity index is 4.83. The Bertz CT molecular complexity index is 318. The van der Waals surface area contributed by atoms with E-state index in [9.17, 15) is 0 Å². The first-order valence-electron chi connectivity index (χ1n) is 7.70. The molecule has 8 heteroatoms. The van der Waals surface area contributed by atoms with Gasteiger partial charge in [0.05, 0.1) is 0 Å². The molecule has 0 radical (unpaired) electrons. The van der Waals surface area contributed by atoms with Gasteiger partial charge >= 0.3 is 17.4 Å². The van der Waals surface area contributed by atoms with E-state index in [1.807, 2.05) is 12.2 Å². The zero-order valence-corrected chi connectivity index (χ0v) is 17.3. The van der Waals surface area contributed by atoms with Crippen molar-refractivity contribution >= 4 is 17.4 Å². The summed E-state index contributed by atoms with van der Waals surface area (Å²) in [6, 6.07) is 2.29. The number of nitrogens with zero attached hydrogens (tertiary/aromatic N) is 1. The maximum Gasteiger partial charge on any atom is 0.500 e. The quantitative estimate of drug-likeness (QED) is 0.329. The van der Waals surface area contributed by atoms with Gasteiger partial charge in [0.25, 0.3) is 0 Å². The molecule has 0 unspecified atom stereocenters. The van der Waals surface area contributed by atoms with Crippen LogP contribution in [0.15, 0.2) is 25.3 Å². The predicted molar refractivity (Wildman–Crippen MR) is 97.8 cm³/mol. The van der Waals surface area contributed by atoms with Crippen LogP contribution in [0.25, 0.3) is 0 Å². The molecule has 23 heavy (non-hydrogen) atoms. The Labute approximate surface area is 143 Å². The van der Waals surface area contributed by atoms with Crippen molar-refractivity contribution in [2.24, 2.45) is 0 Å². The van der Waals surface area contributed by atoms with Gasteiger partial charge in [0.15, 0.2) is 0 Å². The summed E-state index contributed by atoms with van der Waals surface area (Å²) < 4.78 is 28.1. The summed E-state index contributed by atoms with van der Waals surface area (Å²) in [5, 5.41) is 0. The van der Waals surface area contributed by atoms with E-state index in [1.165, 1.54) is 0 Å². The normalized spacial score (nSPS) is 12.6. The molecule has 0 aliphatic heterocycles. The summed E-state index contributed by atoms with van der Waals surface area (Å²) >= 11 is 0. The molecule has 0 atom stereocenters. The third-order valence-electron chi connectivity index (χ3n) is 4.07. The molecule has 0 aromatic heterocycles. The third kappa shape index (κ3) is 7.40. The van der Waals surface area contributed by atoms with Gasteiger partial charge in [-0.1, -0.05) is 12.2 Å². The fraction of sp³-hybridized carbons (Fsp3) is 0.733. The van der Waals surface area contributed by atoms with Gasteiger partial charge in [0.2, 0.25) is 0 Å². The lowest BCUT2D eigenvalue weighted by Gasteiger charge is -2.32. The monoisotopic (exact) mass is 363 g/mol. The van der Waals surface area contributed by atoms with Crippen LogP contribution >= 0.6 is 0 Å². The van der Waals surface area contributed by atoms with Crippen molar-refractivity contribution in [2.45, 2.75) is 18.1 Å². The molecule has 0 spiro atoms. The van der Waals surface area contributed by atoms with E-state index >= 15 is 0 Å². The van der Waals surface area contributed by atoms with Crippen LogP contribution in [-0.2, 0) is 22.1 Å². The van der Waals surface area contributed by atoms with E-state index in [0.717, 1.165) is 31.7 Å². The maximum atomic E-state index is 5.82. The van der Waals surface area contributed by atoms with Gasteiger partial charge in [0, 0.05) is 67.3 Å². The van der Waals surface area contributed by atoms with Crippen molar-refractivity contribution in [3.63, 3.8) is 0 Å². The van der Waals surface area contributed by atoms with Crippen LogP contribution in [0.1, 0.15) is 0 Å². The molecule has 0 aliphatic carbocycles. The van der Waals surface area contributed by atoms with Crippen LogP contribution in [0.3, 0.4) is 0 Å². The number of hydrogen-bond donors (Lipinski definition) is 0. The van der Waals surface area contributed by atoms with E-state index in [4.69, 9.17) is 22.1 Å². The first kappa shape index (κ1) is 22.7. The van der Waals surface area contributed by atoms with Gasteiger partial charge in [-0.15, -0.1) is 13.2 Å². The maximum absolute atomic E-state index is 5.82. The Hall–Kier alpha value is -0.326. The van der Waals surface area contributed by atoms with Crippen LogP contribution in [0, 0.1) is 0 Å². The first-order chi connectivity index (χ1) is 11.0. The van der Waals surface area contributed by atoms with Crippen LogP contribution in [0.4, 0.5) is 0 Å². The SMILES string of the molecule is C=CCN(CC=C)CC[Si](CC[Si](OC)(OC)OC)(OC)OC. The lowest BCUT2D eigenvalue weighted by molar-refractivity contribution is 0.123. The van der Waals surface area contributed by atoms with Crippen molar-refractivity contribution in [2.75, 3.05) is 55.2 Å². The highest BCUT2D eigenvalue weighted by Crippen LogP contribution is 2.26. The van der Waals surface area contributed by atoms with Gasteiger partial charge in [-0.25, -0.2) is 0 Å². The third-order valence-corrected chi connectivity index (χ3v) is 10.8. The molecular weight excluding hydrogens is 330 g/mol. The average molecular weight is 364 g/mol. The minimum absolute atomic E-state index is 0.674. The number of rotatable bonds is 15. The van der Waals surface area contributed by atoms with Crippen molar-refractivity contribution < 1.29 is 22.1 Å². The molecule has 0 heterocycles. The summed E-state index contributed by atoms with van der Waals surface area (Å²) in [5.41, 5.74) is 0. The second kappa shape index (κ2) is 12.1. The highest BCUT2D eigenvalue weighted by Gasteiger charge is 2.44. The Morgan fingerprint density at radius 1 is 0.739 bits per heavy atom. The second-order valence-corrected chi connectivity index (χ2v) is 11.9. The van der Waals surface area contributed by atoms with Crippen LogP contribution < -0.4 is 0 Å². The molecule has 0 saturated heterocycles. The van der Waals surface area contributed by atoms with E-state index < -0.39 is 17.4 Å². The van der Waals surface area contributed by atoms with E-state index in [1.54, 1.807) is 35.5 Å². The molecule has 0 aromatic rings. The topological polar surface area (TPSA) is 49.4 Å². The molecule has 0 rings (SSSR count). The van der Waals surface area contributed by atoms with Gasteiger partial charge in [0.1, 0.15) is 0 Å². The Kier molecular flexibility index (Phi) is 11.9. The smallest absolute Gasteiger partial charge is 0.398 e. The molecular formula is C15H33NO5Si2. The van der Waals surface area contributed by atoms with Crippen LogP contribution in [-0.4, -0.2) is 77.4 Å². The molecule has 0 aromatic carbocycles. The van der Waals surface area contributed by atoms with E-state index in [0.29, 0.717) is 6.04 Å². The highest BCUT2D eigenvalue weighted by molar-refractivity contribution is 6.70. The fourth-order valence-electron chi connectivity index (χ4n) is 2.47. The average Bonchev–Trinajstić information content (AvgIpc) is 2.59. The largest absolute Gasteiger partial charge is 0.500 e. The minimum Gasteiger partial charge on any atom is -0.398 e. The summed E-state index contributed by atoms with van der Waals surface area (Å²) in [5.74, 6) is 0. The highest BCUT2D eigenvalue weighted by atomic mass is 28.4. The number of hydrogen-bond acceptors (Lipinski definition) is 6. The van der Waals surface area contributed by atoms with Crippen molar-refractivity contribution in [1.82, 2.24) is 4.90 Å². The van der Waals surface area contributed by atoms with Crippen LogP contribution in [0.2, 0.25) is 18.1 Å². The Morgan fingerprint density at radius 2 is 1.22 bits per heavy atom. The van der Waals surface area contributed by atoms with Crippen molar-refractivity contribution in [1.29, 1.82) is 0 Å². The molecule has 6 nitrogen and oxygen atoms in total. The Morgan fingerprint density at radius 3 is 1.57 bits per heavy atom. The fourth-order valence-corrected chi connectivity index (χ4v) is 8.22. The molecule has 0 saturated carbocycles. The summed E-state index contributed by atoms with van der Waals surface area (Å²) in [6.45, 7) is 10.1. The standard InChI is InChI=1S/C15H33NO5Si2/c1-8-10-16(11-9-2)12-13-22(17-3,18-4)14-15-23(19-5,20-6)21-7/h8-9H,1-2,10-15H2,3-7H3. The van der Waals surface area contributed by atoms with Crippen molar-refractivity contribution in [3.8, 4) is 0 Å². The molecule has 0 fully saturated rings. The van der Waals surface area contributed by atoms with Gasteiger partial charge < -0.3 is 22.1 Å². The van der Waals surface area contributed by atoms with Gasteiger partial charge in [-0.3, -0.25) is 4.90 Å². The molecule has 0 N–H and O–H groups in total. The zero-order chi connectivity index (χ0) is 17.8. The summed E-state index contributed by atoms with van der Waals surface area (Å²) in [4.78, 5) is 2.26. The molecule has 0 amide bonds.